The Morgan fingerprint density at radius 3 is 2.76 bits per heavy atom. The molecular formula is C21H20Cl2F2N4O2S2. The van der Waals surface area contributed by atoms with Gasteiger partial charge in [-0.25, -0.2) is 22.2 Å². The van der Waals surface area contributed by atoms with Gasteiger partial charge in [-0.1, -0.05) is 23.2 Å². The molecule has 2 aromatic carbocycles. The van der Waals surface area contributed by atoms with Crippen LogP contribution >= 0.6 is 34.5 Å². The Bertz CT molecular complexity index is 1260. The molecule has 1 unspecified atom stereocenters. The molecule has 1 aliphatic rings. The van der Waals surface area contributed by atoms with E-state index in [1.807, 2.05) is 4.90 Å². The van der Waals surface area contributed by atoms with Gasteiger partial charge in [0.05, 0.1) is 16.2 Å². The molecule has 0 saturated carbocycles. The van der Waals surface area contributed by atoms with Gasteiger partial charge in [-0.15, -0.1) is 11.3 Å². The quantitative estimate of drug-likeness (QED) is 0.450. The van der Waals surface area contributed by atoms with Crippen LogP contribution in [0.2, 0.25) is 10.0 Å². The molecule has 1 aliphatic heterocycles. The smallest absolute Gasteiger partial charge is 0.266 e. The molecule has 0 bridgehead atoms. The number of aromatic nitrogens is 1. The second kappa shape index (κ2) is 9.71. The molecule has 0 spiro atoms. The number of anilines is 2. The van der Waals surface area contributed by atoms with Crippen LogP contribution in [0.3, 0.4) is 0 Å². The number of hydrogen-bond acceptors (Lipinski definition) is 6. The summed E-state index contributed by atoms with van der Waals surface area (Å²) in [4.78, 5) is 7.20. The van der Waals surface area contributed by atoms with Crippen molar-refractivity contribution in [2.45, 2.75) is 23.9 Å². The van der Waals surface area contributed by atoms with Gasteiger partial charge in [-0.05, 0) is 30.7 Å². The standard InChI is InChI=1S/C21H20Cl2F2N4O2S2/c1-28(15-4-5-29(10-15)9-13-6-14(22)2-3-17(13)24)19-8-18(25)20(7-16(19)23)33(30,31)27-21-11-32-12-26-21/h2-3,6-8,11-12,15,27H,4-5,9-10H2,1H3. The Hall–Kier alpha value is -1.98. The maximum absolute atomic E-state index is 14.9. The van der Waals surface area contributed by atoms with E-state index in [1.54, 1.807) is 13.1 Å². The predicted molar refractivity (Wildman–Crippen MR) is 128 cm³/mol. The fourth-order valence-corrected chi connectivity index (χ4v) is 6.02. The Kier molecular flexibility index (Phi) is 7.11. The van der Waals surface area contributed by atoms with E-state index in [9.17, 15) is 17.2 Å². The topological polar surface area (TPSA) is 65.5 Å². The molecule has 0 aliphatic carbocycles. The number of likely N-dealkylation sites (N-methyl/N-ethyl adjacent to an activating group) is 1. The average molecular weight is 533 g/mol. The first kappa shape index (κ1) is 24.2. The molecular weight excluding hydrogens is 513 g/mol. The van der Waals surface area contributed by atoms with Crippen molar-refractivity contribution < 1.29 is 17.2 Å². The first-order chi connectivity index (χ1) is 15.6. The molecule has 4 rings (SSSR count). The molecule has 3 aromatic rings. The van der Waals surface area contributed by atoms with Gasteiger partial charge < -0.3 is 4.90 Å². The van der Waals surface area contributed by atoms with E-state index in [0.717, 1.165) is 18.6 Å². The third-order valence-corrected chi connectivity index (χ3v) is 8.03. The third-order valence-electron chi connectivity index (χ3n) is 5.54. The van der Waals surface area contributed by atoms with Crippen LogP contribution in [0, 0.1) is 11.6 Å². The maximum atomic E-state index is 14.9. The summed E-state index contributed by atoms with van der Waals surface area (Å²) in [5.74, 6) is -1.12. The molecule has 12 heteroatoms. The van der Waals surface area contributed by atoms with Gasteiger partial charge in [0.25, 0.3) is 10.0 Å². The molecule has 33 heavy (non-hydrogen) atoms. The van der Waals surface area contributed by atoms with Gasteiger partial charge in [0.15, 0.2) is 5.82 Å². The fraction of sp³-hybridized carbons (Fsp3) is 0.286. The zero-order valence-electron chi connectivity index (χ0n) is 17.4. The van der Waals surface area contributed by atoms with Gasteiger partial charge in [-0.2, -0.15) is 0 Å². The summed E-state index contributed by atoms with van der Waals surface area (Å²) in [5.41, 5.74) is 2.35. The zero-order chi connectivity index (χ0) is 23.8. The van der Waals surface area contributed by atoms with Crippen LogP contribution in [0.1, 0.15) is 12.0 Å². The van der Waals surface area contributed by atoms with Crippen LogP contribution in [-0.4, -0.2) is 44.5 Å². The largest absolute Gasteiger partial charge is 0.369 e. The van der Waals surface area contributed by atoms with Gasteiger partial charge in [-0.3, -0.25) is 9.62 Å². The van der Waals surface area contributed by atoms with E-state index in [2.05, 4.69) is 14.6 Å². The lowest BCUT2D eigenvalue weighted by atomic mass is 10.2. The van der Waals surface area contributed by atoms with E-state index in [4.69, 9.17) is 23.2 Å². The number of thiazole rings is 1. The summed E-state index contributed by atoms with van der Waals surface area (Å²) in [6.45, 7) is 1.72. The highest BCUT2D eigenvalue weighted by Gasteiger charge is 2.29. The van der Waals surface area contributed by atoms with E-state index in [-0.39, 0.29) is 22.7 Å². The van der Waals surface area contributed by atoms with Crippen LogP contribution in [0.25, 0.3) is 0 Å². The van der Waals surface area contributed by atoms with Crippen LogP contribution in [-0.2, 0) is 16.6 Å². The SMILES string of the molecule is CN(c1cc(F)c(S(=O)(=O)Nc2cscn2)cc1Cl)C1CCN(Cc2cc(Cl)ccc2F)C1. The number of sulfonamides is 1. The highest BCUT2D eigenvalue weighted by Crippen LogP contribution is 2.34. The number of halogens is 4. The van der Waals surface area contributed by atoms with Crippen LogP contribution in [0.4, 0.5) is 20.3 Å². The van der Waals surface area contributed by atoms with Gasteiger partial charge in [0, 0.05) is 54.8 Å². The van der Waals surface area contributed by atoms with Crippen LogP contribution in [0.15, 0.2) is 46.1 Å². The minimum absolute atomic E-state index is 0.0141. The molecule has 176 valence electrons. The molecule has 0 amide bonds. The number of rotatable bonds is 7. The first-order valence-corrected chi connectivity index (χ1v) is 13.1. The van der Waals surface area contributed by atoms with Crippen molar-refractivity contribution in [2.75, 3.05) is 29.8 Å². The summed E-state index contributed by atoms with van der Waals surface area (Å²) in [5, 5.41) is 2.08. The third kappa shape index (κ3) is 5.41. The van der Waals surface area contributed by atoms with E-state index in [0.29, 0.717) is 35.9 Å². The van der Waals surface area contributed by atoms with Gasteiger partial charge in [0.2, 0.25) is 0 Å². The Labute approximate surface area is 204 Å². The lowest BCUT2D eigenvalue weighted by molar-refractivity contribution is 0.320. The maximum Gasteiger partial charge on any atom is 0.266 e. The first-order valence-electron chi connectivity index (χ1n) is 9.93. The monoisotopic (exact) mass is 532 g/mol. The van der Waals surface area contributed by atoms with Crippen molar-refractivity contribution in [2.24, 2.45) is 0 Å². The fourth-order valence-electron chi connectivity index (χ4n) is 3.82. The Morgan fingerprint density at radius 1 is 1.24 bits per heavy atom. The van der Waals surface area contributed by atoms with Crippen molar-refractivity contribution in [1.29, 1.82) is 0 Å². The molecule has 1 atom stereocenters. The molecule has 1 aromatic heterocycles. The second-order valence-corrected chi connectivity index (χ2v) is 11.0. The molecule has 1 fully saturated rings. The van der Waals surface area contributed by atoms with E-state index < -0.39 is 20.7 Å². The average Bonchev–Trinajstić information content (AvgIpc) is 3.43. The second-order valence-electron chi connectivity index (χ2n) is 7.74. The number of nitrogens with zero attached hydrogens (tertiary/aromatic N) is 3. The number of benzene rings is 2. The summed E-state index contributed by atoms with van der Waals surface area (Å²) < 4.78 is 56.3. The van der Waals surface area contributed by atoms with Crippen LogP contribution in [0.5, 0.6) is 0 Å². The Morgan fingerprint density at radius 2 is 2.03 bits per heavy atom. The van der Waals surface area contributed by atoms with Crippen LogP contribution < -0.4 is 9.62 Å². The summed E-state index contributed by atoms with van der Waals surface area (Å²) in [6.07, 6.45) is 0.752. The zero-order valence-corrected chi connectivity index (χ0v) is 20.6. The predicted octanol–water partition coefficient (Wildman–Crippen LogP) is 5.24. The molecule has 0 radical (unpaired) electrons. The minimum atomic E-state index is -4.19. The van der Waals surface area contributed by atoms with Gasteiger partial charge in [0.1, 0.15) is 16.5 Å². The summed E-state index contributed by atoms with van der Waals surface area (Å²) >= 11 is 13.6. The molecule has 2 heterocycles. The number of likely N-dealkylation sites (tertiary alicyclic amines) is 1. The van der Waals surface area contributed by atoms with Crippen molar-refractivity contribution in [3.05, 3.63) is 68.5 Å². The normalized spacial score (nSPS) is 16.8. The molecule has 1 N–H and O–H groups in total. The number of nitrogens with one attached hydrogen (secondary N) is 1. The lowest BCUT2D eigenvalue weighted by Gasteiger charge is -2.28. The number of hydrogen-bond donors (Lipinski definition) is 1. The highest BCUT2D eigenvalue weighted by atomic mass is 35.5. The summed E-state index contributed by atoms with van der Waals surface area (Å²) in [7, 11) is -2.41. The van der Waals surface area contributed by atoms with Gasteiger partial charge >= 0.3 is 0 Å². The summed E-state index contributed by atoms with van der Waals surface area (Å²) in [6, 6.07) is 6.67. The van der Waals surface area contributed by atoms with E-state index >= 15 is 0 Å². The molecule has 1 saturated heterocycles. The van der Waals surface area contributed by atoms with E-state index in [1.165, 1.54) is 34.4 Å². The van der Waals surface area contributed by atoms with Crippen molar-refractivity contribution in [1.82, 2.24) is 9.88 Å². The minimum Gasteiger partial charge on any atom is -0.369 e. The Balaban J connectivity index is 1.49. The van der Waals surface area contributed by atoms with Crippen molar-refractivity contribution >= 4 is 56.1 Å². The van der Waals surface area contributed by atoms with Crippen molar-refractivity contribution in [3.63, 3.8) is 0 Å². The molecule has 6 nitrogen and oxygen atoms in total. The van der Waals surface area contributed by atoms with Crippen molar-refractivity contribution in [3.8, 4) is 0 Å². The highest BCUT2D eigenvalue weighted by molar-refractivity contribution is 7.92. The lowest BCUT2D eigenvalue weighted by Crippen LogP contribution is -2.34.